The molecule has 0 atom stereocenters. The molecule has 1 aromatic carbocycles. The molecule has 0 fully saturated rings. The molecule has 0 radical (unpaired) electrons. The molecule has 1 rings (SSSR count). The summed E-state index contributed by atoms with van der Waals surface area (Å²) in [7, 11) is 0. The molecular formula is C11H13NO3. The first-order chi connectivity index (χ1) is 7.04. The molecule has 0 saturated heterocycles. The van der Waals surface area contributed by atoms with E-state index in [4.69, 9.17) is 10.5 Å². The van der Waals surface area contributed by atoms with Crippen molar-refractivity contribution in [1.82, 2.24) is 0 Å². The highest BCUT2D eigenvalue weighted by atomic mass is 16.5. The number of carbonyl (C=O) groups excluding carboxylic acids is 2. The van der Waals surface area contributed by atoms with Crippen molar-refractivity contribution < 1.29 is 14.3 Å². The Balaban J connectivity index is 2.93. The van der Waals surface area contributed by atoms with Crippen LogP contribution in [0, 0.1) is 13.8 Å². The third kappa shape index (κ3) is 2.80. The van der Waals surface area contributed by atoms with Crippen LogP contribution < -0.4 is 10.5 Å². The second kappa shape index (κ2) is 4.59. The number of carbonyl (C=O) groups is 2. The van der Waals surface area contributed by atoms with Crippen molar-refractivity contribution in [3.63, 3.8) is 0 Å². The topological polar surface area (TPSA) is 69.4 Å². The number of aryl methyl sites for hydroxylation is 2. The predicted molar refractivity (Wildman–Crippen MR) is 56.0 cm³/mol. The summed E-state index contributed by atoms with van der Waals surface area (Å²) in [5, 5.41) is 0. The van der Waals surface area contributed by atoms with Gasteiger partial charge in [-0.1, -0.05) is 0 Å². The van der Waals surface area contributed by atoms with Crippen LogP contribution in [0.2, 0.25) is 0 Å². The number of primary amides is 1. The van der Waals surface area contributed by atoms with Crippen LogP contribution in [0.4, 0.5) is 0 Å². The summed E-state index contributed by atoms with van der Waals surface area (Å²) in [4.78, 5) is 21.2. The maximum Gasteiger partial charge on any atom is 0.255 e. The van der Waals surface area contributed by atoms with Crippen LogP contribution in [0.5, 0.6) is 5.75 Å². The fourth-order valence-electron chi connectivity index (χ4n) is 1.36. The lowest BCUT2D eigenvalue weighted by Crippen LogP contribution is -2.20. The van der Waals surface area contributed by atoms with Crippen LogP contribution in [0.1, 0.15) is 21.5 Å². The van der Waals surface area contributed by atoms with Gasteiger partial charge in [0.05, 0.1) is 0 Å². The number of rotatable bonds is 4. The summed E-state index contributed by atoms with van der Waals surface area (Å²) in [5.74, 6) is 0.0270. The lowest BCUT2D eigenvalue weighted by Gasteiger charge is -2.08. The van der Waals surface area contributed by atoms with Gasteiger partial charge in [-0.15, -0.1) is 0 Å². The van der Waals surface area contributed by atoms with E-state index in [0.29, 0.717) is 11.3 Å². The van der Waals surface area contributed by atoms with Gasteiger partial charge in [-0.2, -0.15) is 0 Å². The molecule has 2 N–H and O–H groups in total. The van der Waals surface area contributed by atoms with E-state index in [1.165, 1.54) is 0 Å². The second-order valence-electron chi connectivity index (χ2n) is 3.34. The summed E-state index contributed by atoms with van der Waals surface area (Å²) in [6, 6.07) is 3.42. The van der Waals surface area contributed by atoms with Crippen molar-refractivity contribution in [1.29, 1.82) is 0 Å². The van der Waals surface area contributed by atoms with Crippen molar-refractivity contribution >= 4 is 12.2 Å². The number of hydrogen-bond acceptors (Lipinski definition) is 3. The number of aldehydes is 1. The molecule has 0 aromatic heterocycles. The first-order valence-electron chi connectivity index (χ1n) is 4.52. The molecule has 0 spiro atoms. The molecule has 15 heavy (non-hydrogen) atoms. The molecule has 0 aliphatic carbocycles. The molecule has 4 heteroatoms. The Morgan fingerprint density at radius 2 is 1.93 bits per heavy atom. The molecule has 0 saturated carbocycles. The lowest BCUT2D eigenvalue weighted by atomic mass is 10.0. The molecule has 0 unspecified atom stereocenters. The standard InChI is InChI=1S/C11H13NO3/c1-7-3-9(15-6-11(12)14)4-8(2)10(7)5-13/h3-5H,6H2,1-2H3,(H2,12,14). The smallest absolute Gasteiger partial charge is 0.255 e. The van der Waals surface area contributed by atoms with Crippen LogP contribution in [-0.2, 0) is 4.79 Å². The fourth-order valence-corrected chi connectivity index (χ4v) is 1.36. The SMILES string of the molecule is Cc1cc(OCC(N)=O)cc(C)c1C=O. The van der Waals surface area contributed by atoms with Crippen molar-refractivity contribution in [2.75, 3.05) is 6.61 Å². The lowest BCUT2D eigenvalue weighted by molar-refractivity contribution is -0.119. The highest BCUT2D eigenvalue weighted by Crippen LogP contribution is 2.20. The molecule has 1 aromatic rings. The van der Waals surface area contributed by atoms with Gasteiger partial charge in [0, 0.05) is 5.56 Å². The van der Waals surface area contributed by atoms with Gasteiger partial charge >= 0.3 is 0 Å². The van der Waals surface area contributed by atoms with Crippen LogP contribution in [0.3, 0.4) is 0 Å². The van der Waals surface area contributed by atoms with Crippen LogP contribution in [0.25, 0.3) is 0 Å². The molecule has 0 heterocycles. The van der Waals surface area contributed by atoms with E-state index >= 15 is 0 Å². The van der Waals surface area contributed by atoms with Crippen LogP contribution in [-0.4, -0.2) is 18.8 Å². The summed E-state index contributed by atoms with van der Waals surface area (Å²) >= 11 is 0. The van der Waals surface area contributed by atoms with E-state index in [9.17, 15) is 9.59 Å². The van der Waals surface area contributed by atoms with Crippen molar-refractivity contribution in [2.24, 2.45) is 5.73 Å². The third-order valence-electron chi connectivity index (χ3n) is 2.07. The van der Waals surface area contributed by atoms with Gasteiger partial charge in [0.15, 0.2) is 12.9 Å². The van der Waals surface area contributed by atoms with Gasteiger partial charge in [0.25, 0.3) is 5.91 Å². The van der Waals surface area contributed by atoms with E-state index in [0.717, 1.165) is 17.4 Å². The second-order valence-corrected chi connectivity index (χ2v) is 3.34. The molecule has 1 amide bonds. The molecule has 0 bridgehead atoms. The molecule has 0 aliphatic heterocycles. The van der Waals surface area contributed by atoms with Gasteiger partial charge in [0.1, 0.15) is 5.75 Å². The Morgan fingerprint density at radius 3 is 2.33 bits per heavy atom. The van der Waals surface area contributed by atoms with E-state index in [1.807, 2.05) is 13.8 Å². The quantitative estimate of drug-likeness (QED) is 0.748. The largest absolute Gasteiger partial charge is 0.484 e. The zero-order valence-corrected chi connectivity index (χ0v) is 8.74. The minimum Gasteiger partial charge on any atom is -0.484 e. The van der Waals surface area contributed by atoms with Crippen LogP contribution in [0.15, 0.2) is 12.1 Å². The van der Waals surface area contributed by atoms with Gasteiger partial charge in [0.2, 0.25) is 0 Å². The number of nitrogens with two attached hydrogens (primary N) is 1. The molecular weight excluding hydrogens is 194 g/mol. The third-order valence-corrected chi connectivity index (χ3v) is 2.07. The normalized spacial score (nSPS) is 9.73. The minimum absolute atomic E-state index is 0.153. The number of ether oxygens (including phenoxy) is 1. The summed E-state index contributed by atoms with van der Waals surface area (Å²) in [6.45, 7) is 3.47. The average molecular weight is 207 g/mol. The first-order valence-corrected chi connectivity index (χ1v) is 4.52. The summed E-state index contributed by atoms with van der Waals surface area (Å²) in [6.07, 6.45) is 0.808. The van der Waals surface area contributed by atoms with Gasteiger partial charge < -0.3 is 10.5 Å². The molecule has 80 valence electrons. The van der Waals surface area contributed by atoms with E-state index in [1.54, 1.807) is 12.1 Å². The number of amides is 1. The van der Waals surface area contributed by atoms with Gasteiger partial charge in [-0.05, 0) is 37.1 Å². The molecule has 4 nitrogen and oxygen atoms in total. The zero-order valence-electron chi connectivity index (χ0n) is 8.74. The van der Waals surface area contributed by atoms with E-state index < -0.39 is 5.91 Å². The van der Waals surface area contributed by atoms with E-state index in [2.05, 4.69) is 0 Å². The van der Waals surface area contributed by atoms with E-state index in [-0.39, 0.29) is 6.61 Å². The Labute approximate surface area is 88.0 Å². The fraction of sp³-hybridized carbons (Fsp3) is 0.273. The van der Waals surface area contributed by atoms with Crippen molar-refractivity contribution in [3.8, 4) is 5.75 Å². The molecule has 0 aliphatic rings. The Kier molecular flexibility index (Phi) is 3.44. The Hall–Kier alpha value is -1.84. The summed E-state index contributed by atoms with van der Waals surface area (Å²) < 4.78 is 5.14. The minimum atomic E-state index is -0.523. The van der Waals surface area contributed by atoms with Crippen LogP contribution >= 0.6 is 0 Å². The maximum absolute atomic E-state index is 10.7. The van der Waals surface area contributed by atoms with Gasteiger partial charge in [-0.25, -0.2) is 0 Å². The Morgan fingerprint density at radius 1 is 1.40 bits per heavy atom. The Bertz CT molecular complexity index is 376. The summed E-state index contributed by atoms with van der Waals surface area (Å²) in [5.41, 5.74) is 7.25. The monoisotopic (exact) mass is 207 g/mol. The zero-order chi connectivity index (χ0) is 11.4. The number of hydrogen-bond donors (Lipinski definition) is 1. The average Bonchev–Trinajstić information content (AvgIpc) is 2.14. The predicted octanol–water partition coefficient (Wildman–Crippen LogP) is 0.980. The first kappa shape index (κ1) is 11.2. The highest BCUT2D eigenvalue weighted by molar-refractivity contribution is 5.80. The van der Waals surface area contributed by atoms with Crippen molar-refractivity contribution in [2.45, 2.75) is 13.8 Å². The number of benzene rings is 1. The van der Waals surface area contributed by atoms with Gasteiger partial charge in [-0.3, -0.25) is 9.59 Å². The maximum atomic E-state index is 10.7. The highest BCUT2D eigenvalue weighted by Gasteiger charge is 2.05. The van der Waals surface area contributed by atoms with Crippen molar-refractivity contribution in [3.05, 3.63) is 28.8 Å².